The highest BCUT2D eigenvalue weighted by molar-refractivity contribution is 7.18. The smallest absolute Gasteiger partial charge is 0.255 e. The molecule has 0 saturated carbocycles. The molecule has 3 aromatic rings. The van der Waals surface area contributed by atoms with Crippen molar-refractivity contribution in [1.29, 1.82) is 0 Å². The van der Waals surface area contributed by atoms with E-state index in [2.05, 4.69) is 11.1 Å². The van der Waals surface area contributed by atoms with Gasteiger partial charge >= 0.3 is 0 Å². The maximum atomic E-state index is 13.3. The fourth-order valence-corrected chi connectivity index (χ4v) is 5.84. The van der Waals surface area contributed by atoms with Gasteiger partial charge in [0.25, 0.3) is 11.5 Å². The predicted molar refractivity (Wildman–Crippen MR) is 119 cm³/mol. The van der Waals surface area contributed by atoms with Crippen LogP contribution in [0.15, 0.2) is 35.1 Å². The summed E-state index contributed by atoms with van der Waals surface area (Å²) in [5.74, 6) is 0.622. The molecule has 0 aliphatic carbocycles. The molecule has 7 heteroatoms. The van der Waals surface area contributed by atoms with Crippen LogP contribution in [0.3, 0.4) is 0 Å². The van der Waals surface area contributed by atoms with Crippen LogP contribution in [-0.2, 0) is 13.1 Å². The summed E-state index contributed by atoms with van der Waals surface area (Å²) >= 11 is 1.62. The van der Waals surface area contributed by atoms with E-state index in [0.717, 1.165) is 38.5 Å². The van der Waals surface area contributed by atoms with Gasteiger partial charge in [0.1, 0.15) is 0 Å². The molecule has 0 unspecified atom stereocenters. The molecule has 0 N–H and O–H groups in total. The zero-order valence-electron chi connectivity index (χ0n) is 17.6. The summed E-state index contributed by atoms with van der Waals surface area (Å²) in [7, 11) is 3.96. The Morgan fingerprint density at radius 1 is 1.20 bits per heavy atom. The lowest BCUT2D eigenvalue weighted by atomic mass is 9.82. The van der Waals surface area contributed by atoms with Crippen molar-refractivity contribution in [2.45, 2.75) is 32.4 Å². The molecular weight excluding hydrogens is 396 g/mol. The number of carbonyl (C=O) groups is 1. The fraction of sp³-hybridized carbons (Fsp3) is 0.435. The maximum Gasteiger partial charge on any atom is 0.255 e. The number of likely N-dealkylation sites (tertiary alicyclic amines) is 1. The number of carbonyl (C=O) groups excluding carboxylic acids is 1. The number of hydrogen-bond acceptors (Lipinski definition) is 5. The quantitative estimate of drug-likeness (QED) is 0.651. The number of pyridine rings is 1. The first-order valence-corrected chi connectivity index (χ1v) is 11.2. The molecule has 5 rings (SSSR count). The molecule has 2 atom stereocenters. The number of benzene rings is 1. The van der Waals surface area contributed by atoms with E-state index in [-0.39, 0.29) is 17.4 Å². The minimum absolute atomic E-state index is 0.0812. The summed E-state index contributed by atoms with van der Waals surface area (Å²) in [4.78, 5) is 34.8. The molecule has 2 aromatic heterocycles. The number of fused-ring (bicyclic) bond motifs is 5. The van der Waals surface area contributed by atoms with E-state index < -0.39 is 0 Å². The van der Waals surface area contributed by atoms with E-state index in [9.17, 15) is 9.59 Å². The molecule has 156 valence electrons. The number of aromatic nitrogens is 2. The van der Waals surface area contributed by atoms with E-state index in [1.165, 1.54) is 0 Å². The van der Waals surface area contributed by atoms with Crippen molar-refractivity contribution >= 4 is 27.5 Å². The van der Waals surface area contributed by atoms with Gasteiger partial charge in [-0.25, -0.2) is 4.98 Å². The van der Waals surface area contributed by atoms with Gasteiger partial charge in [-0.15, -0.1) is 11.3 Å². The Bertz CT molecular complexity index is 1200. The first kappa shape index (κ1) is 19.5. The fourth-order valence-electron chi connectivity index (χ4n) is 4.97. The monoisotopic (exact) mass is 422 g/mol. The Labute approximate surface area is 179 Å². The molecule has 2 bridgehead atoms. The van der Waals surface area contributed by atoms with E-state index in [1.807, 2.05) is 59.7 Å². The van der Waals surface area contributed by atoms with Crippen LogP contribution in [0, 0.1) is 12.8 Å². The summed E-state index contributed by atoms with van der Waals surface area (Å²) in [6, 6.07) is 9.87. The Hall–Kier alpha value is -2.51. The highest BCUT2D eigenvalue weighted by atomic mass is 32.1. The van der Waals surface area contributed by atoms with Gasteiger partial charge < -0.3 is 14.4 Å². The average molecular weight is 423 g/mol. The molecule has 1 fully saturated rings. The van der Waals surface area contributed by atoms with Gasteiger partial charge in [0.05, 0.1) is 15.2 Å². The molecule has 0 radical (unpaired) electrons. The third-order valence-electron chi connectivity index (χ3n) is 6.20. The predicted octanol–water partition coefficient (Wildman–Crippen LogP) is 3.09. The van der Waals surface area contributed by atoms with E-state index in [0.29, 0.717) is 32.1 Å². The summed E-state index contributed by atoms with van der Waals surface area (Å²) in [5.41, 5.74) is 3.72. The van der Waals surface area contributed by atoms with Crippen molar-refractivity contribution < 1.29 is 4.79 Å². The second-order valence-electron chi connectivity index (χ2n) is 8.86. The van der Waals surface area contributed by atoms with E-state index in [4.69, 9.17) is 0 Å². The summed E-state index contributed by atoms with van der Waals surface area (Å²) in [6.07, 6.45) is 1.04. The number of hydrogen-bond donors (Lipinski definition) is 0. The summed E-state index contributed by atoms with van der Waals surface area (Å²) in [6.45, 7) is 4.71. The molecule has 1 amide bonds. The highest BCUT2D eigenvalue weighted by Gasteiger charge is 2.37. The minimum Gasteiger partial charge on any atom is -0.338 e. The van der Waals surface area contributed by atoms with Crippen molar-refractivity contribution in [2.75, 3.05) is 27.2 Å². The van der Waals surface area contributed by atoms with Crippen LogP contribution in [0.25, 0.3) is 10.2 Å². The standard InChI is InChI=1S/C23H26N4O2S/c1-14-24-19-6-4-16(9-21(19)30-14)22(28)26-10-15-8-18(13-26)20-7-5-17(12-25(2)3)23(29)27(20)11-15/h4-7,9,15,18H,8,10-13H2,1-3H3/t15-,18+/m0/s1. The van der Waals surface area contributed by atoms with Gasteiger partial charge in [-0.2, -0.15) is 0 Å². The zero-order chi connectivity index (χ0) is 21.0. The van der Waals surface area contributed by atoms with Gasteiger partial charge in [0, 0.05) is 48.9 Å². The SMILES string of the molecule is Cc1nc2ccc(C(=O)N3C[C@@H]4C[C@H](C3)c3ccc(CN(C)C)c(=O)n3C4)cc2s1. The Morgan fingerprint density at radius 3 is 2.83 bits per heavy atom. The largest absolute Gasteiger partial charge is 0.338 e. The Morgan fingerprint density at radius 2 is 2.03 bits per heavy atom. The normalized spacial score (nSPS) is 20.6. The summed E-state index contributed by atoms with van der Waals surface area (Å²) < 4.78 is 3.02. The number of amides is 1. The number of aryl methyl sites for hydroxylation is 1. The van der Waals surface area contributed by atoms with E-state index in [1.54, 1.807) is 11.3 Å². The molecule has 2 aliphatic heterocycles. The molecule has 1 aromatic carbocycles. The van der Waals surface area contributed by atoms with Crippen LogP contribution in [0.1, 0.15) is 39.0 Å². The molecule has 1 saturated heterocycles. The number of thiazole rings is 1. The van der Waals surface area contributed by atoms with Crippen molar-refractivity contribution in [3.8, 4) is 0 Å². The van der Waals surface area contributed by atoms with Crippen molar-refractivity contribution in [3.63, 3.8) is 0 Å². The number of nitrogens with zero attached hydrogens (tertiary/aromatic N) is 4. The average Bonchev–Trinajstić information content (AvgIpc) is 3.08. The number of piperidine rings is 1. The molecule has 6 nitrogen and oxygen atoms in total. The molecule has 0 spiro atoms. The van der Waals surface area contributed by atoms with Crippen molar-refractivity contribution in [3.05, 3.63) is 62.5 Å². The highest BCUT2D eigenvalue weighted by Crippen LogP contribution is 2.36. The Kier molecular flexibility index (Phi) is 4.75. The topological polar surface area (TPSA) is 58.4 Å². The van der Waals surface area contributed by atoms with Gasteiger partial charge in [-0.1, -0.05) is 6.07 Å². The second kappa shape index (κ2) is 7.32. The third-order valence-corrected chi connectivity index (χ3v) is 7.13. The lowest BCUT2D eigenvalue weighted by Crippen LogP contribution is -2.49. The first-order valence-electron chi connectivity index (χ1n) is 10.4. The summed E-state index contributed by atoms with van der Waals surface area (Å²) in [5, 5.41) is 1.01. The molecule has 30 heavy (non-hydrogen) atoms. The molecular formula is C23H26N4O2S. The van der Waals surface area contributed by atoms with Crippen LogP contribution in [-0.4, -0.2) is 52.4 Å². The lowest BCUT2D eigenvalue weighted by molar-refractivity contribution is 0.0594. The van der Waals surface area contributed by atoms with Crippen LogP contribution in [0.5, 0.6) is 0 Å². The van der Waals surface area contributed by atoms with Crippen LogP contribution in [0.2, 0.25) is 0 Å². The van der Waals surface area contributed by atoms with Gasteiger partial charge in [-0.3, -0.25) is 9.59 Å². The van der Waals surface area contributed by atoms with Crippen LogP contribution < -0.4 is 5.56 Å². The third kappa shape index (κ3) is 3.36. The molecule has 2 aliphatic rings. The van der Waals surface area contributed by atoms with Crippen LogP contribution >= 0.6 is 11.3 Å². The van der Waals surface area contributed by atoms with Gasteiger partial charge in [-0.05, 0) is 57.6 Å². The maximum absolute atomic E-state index is 13.3. The lowest BCUT2D eigenvalue weighted by Gasteiger charge is -2.43. The van der Waals surface area contributed by atoms with Crippen LogP contribution in [0.4, 0.5) is 0 Å². The first-order chi connectivity index (χ1) is 14.4. The Balaban J connectivity index is 1.42. The second-order valence-corrected chi connectivity index (χ2v) is 10.1. The zero-order valence-corrected chi connectivity index (χ0v) is 18.4. The molecule has 4 heterocycles. The number of rotatable bonds is 3. The van der Waals surface area contributed by atoms with Crippen molar-refractivity contribution in [1.82, 2.24) is 19.4 Å². The minimum atomic E-state index is 0.0812. The van der Waals surface area contributed by atoms with Crippen molar-refractivity contribution in [2.24, 2.45) is 5.92 Å². The van der Waals surface area contributed by atoms with Gasteiger partial charge in [0.15, 0.2) is 0 Å². The van der Waals surface area contributed by atoms with E-state index >= 15 is 0 Å². The van der Waals surface area contributed by atoms with Gasteiger partial charge in [0.2, 0.25) is 0 Å².